The van der Waals surface area contributed by atoms with Crippen molar-refractivity contribution in [3.05, 3.63) is 58.9 Å². The second-order valence-corrected chi connectivity index (χ2v) is 7.04. The van der Waals surface area contributed by atoms with Gasteiger partial charge in [-0.3, -0.25) is 9.99 Å². The number of nitrogens with one attached hydrogen (secondary N) is 2. The molecule has 3 aromatic rings. The first-order valence-corrected chi connectivity index (χ1v) is 9.79. The smallest absolute Gasteiger partial charge is 0.193 e. The van der Waals surface area contributed by atoms with E-state index in [9.17, 15) is 0 Å². The molecule has 0 aliphatic rings. The van der Waals surface area contributed by atoms with Crippen molar-refractivity contribution in [3.8, 4) is 10.9 Å². The SMILES string of the molecule is CCOc1ccc(NC(=S)N/N=C\c2cc(C)n(-c3nccs3)c2C)cc1. The van der Waals surface area contributed by atoms with Crippen LogP contribution in [0.15, 0.2) is 47.0 Å². The number of benzene rings is 1. The van der Waals surface area contributed by atoms with Gasteiger partial charge in [-0.15, -0.1) is 11.3 Å². The van der Waals surface area contributed by atoms with Gasteiger partial charge in [0.15, 0.2) is 10.2 Å². The van der Waals surface area contributed by atoms with Gasteiger partial charge in [0.25, 0.3) is 0 Å². The number of thiazole rings is 1. The Morgan fingerprint density at radius 3 is 2.78 bits per heavy atom. The van der Waals surface area contributed by atoms with E-state index in [4.69, 9.17) is 17.0 Å². The summed E-state index contributed by atoms with van der Waals surface area (Å²) < 4.78 is 7.54. The lowest BCUT2D eigenvalue weighted by Gasteiger charge is -2.08. The number of hydrogen-bond acceptors (Lipinski definition) is 5. The van der Waals surface area contributed by atoms with E-state index in [-0.39, 0.29) is 0 Å². The van der Waals surface area contributed by atoms with Crippen LogP contribution in [0.2, 0.25) is 0 Å². The van der Waals surface area contributed by atoms with Gasteiger partial charge < -0.3 is 10.1 Å². The van der Waals surface area contributed by atoms with Crippen molar-refractivity contribution in [2.24, 2.45) is 5.10 Å². The molecule has 3 rings (SSSR count). The standard InChI is InChI=1S/C19H21N5OS2/c1-4-25-17-7-5-16(6-8-17)22-18(26)23-21-12-15-11-13(2)24(14(15)3)19-20-9-10-27-19/h5-12H,4H2,1-3H3,(H2,22,23,26)/b21-12-. The number of nitrogens with zero attached hydrogens (tertiary/aromatic N) is 3. The van der Waals surface area contributed by atoms with E-state index in [0.29, 0.717) is 11.7 Å². The van der Waals surface area contributed by atoms with Gasteiger partial charge in [0.1, 0.15) is 5.75 Å². The highest BCUT2D eigenvalue weighted by atomic mass is 32.1. The minimum Gasteiger partial charge on any atom is -0.494 e. The van der Waals surface area contributed by atoms with Gasteiger partial charge in [-0.05, 0) is 63.3 Å². The van der Waals surface area contributed by atoms with Crippen LogP contribution in [-0.4, -0.2) is 27.5 Å². The molecule has 8 heteroatoms. The van der Waals surface area contributed by atoms with Crippen LogP contribution in [0.25, 0.3) is 5.13 Å². The molecule has 0 unspecified atom stereocenters. The Bertz CT molecular complexity index is 930. The van der Waals surface area contributed by atoms with E-state index in [1.165, 1.54) is 0 Å². The zero-order chi connectivity index (χ0) is 19.2. The minimum atomic E-state index is 0.421. The van der Waals surface area contributed by atoms with E-state index in [2.05, 4.69) is 38.4 Å². The third kappa shape index (κ3) is 4.72. The molecule has 0 fully saturated rings. The summed E-state index contributed by atoms with van der Waals surface area (Å²) >= 11 is 6.89. The van der Waals surface area contributed by atoms with Crippen LogP contribution in [0.3, 0.4) is 0 Å². The number of hydrogen-bond donors (Lipinski definition) is 2. The summed E-state index contributed by atoms with van der Waals surface area (Å²) in [4.78, 5) is 4.38. The number of anilines is 1. The lowest BCUT2D eigenvalue weighted by molar-refractivity contribution is 0.340. The Morgan fingerprint density at radius 1 is 1.33 bits per heavy atom. The number of ether oxygens (including phenoxy) is 1. The highest BCUT2D eigenvalue weighted by Crippen LogP contribution is 2.21. The van der Waals surface area contributed by atoms with E-state index in [0.717, 1.165) is 33.5 Å². The Balaban J connectivity index is 1.60. The zero-order valence-corrected chi connectivity index (χ0v) is 17.0. The number of thiocarbonyl (C=S) groups is 1. The average Bonchev–Trinajstić information content (AvgIpc) is 3.25. The van der Waals surface area contributed by atoms with Gasteiger partial charge in [0, 0.05) is 34.2 Å². The summed E-state index contributed by atoms with van der Waals surface area (Å²) in [5, 5.41) is 10.7. The monoisotopic (exact) mass is 399 g/mol. The van der Waals surface area contributed by atoms with Crippen molar-refractivity contribution in [1.82, 2.24) is 15.0 Å². The Kier molecular flexibility index (Phi) is 6.20. The maximum atomic E-state index is 5.42. The van der Waals surface area contributed by atoms with Gasteiger partial charge in [-0.1, -0.05) is 0 Å². The van der Waals surface area contributed by atoms with Crippen molar-refractivity contribution in [2.75, 3.05) is 11.9 Å². The summed E-state index contributed by atoms with van der Waals surface area (Å²) in [6.07, 6.45) is 3.57. The number of aryl methyl sites for hydroxylation is 1. The van der Waals surface area contributed by atoms with E-state index in [1.807, 2.05) is 43.5 Å². The highest BCUT2D eigenvalue weighted by molar-refractivity contribution is 7.80. The van der Waals surface area contributed by atoms with Crippen LogP contribution in [0, 0.1) is 13.8 Å². The quantitative estimate of drug-likeness (QED) is 0.368. The van der Waals surface area contributed by atoms with Crippen LogP contribution >= 0.6 is 23.6 Å². The van der Waals surface area contributed by atoms with Crippen LogP contribution in [0.1, 0.15) is 23.9 Å². The molecule has 140 valence electrons. The third-order valence-corrected chi connectivity index (χ3v) is 4.82. The van der Waals surface area contributed by atoms with Crippen LogP contribution < -0.4 is 15.5 Å². The normalized spacial score (nSPS) is 10.9. The van der Waals surface area contributed by atoms with Gasteiger partial charge in [0.2, 0.25) is 0 Å². The van der Waals surface area contributed by atoms with Gasteiger partial charge in [-0.2, -0.15) is 5.10 Å². The van der Waals surface area contributed by atoms with Crippen molar-refractivity contribution >= 4 is 40.6 Å². The molecule has 0 radical (unpaired) electrons. The average molecular weight is 400 g/mol. The van der Waals surface area contributed by atoms with Crippen LogP contribution in [-0.2, 0) is 0 Å². The van der Waals surface area contributed by atoms with Crippen molar-refractivity contribution in [3.63, 3.8) is 0 Å². The lowest BCUT2D eigenvalue weighted by atomic mass is 10.3. The molecule has 6 nitrogen and oxygen atoms in total. The second-order valence-electron chi connectivity index (χ2n) is 5.76. The molecule has 0 saturated carbocycles. The van der Waals surface area contributed by atoms with Crippen molar-refractivity contribution in [1.29, 1.82) is 0 Å². The first-order chi connectivity index (χ1) is 13.1. The Hall–Kier alpha value is -2.71. The topological polar surface area (TPSA) is 63.5 Å². The minimum absolute atomic E-state index is 0.421. The summed E-state index contributed by atoms with van der Waals surface area (Å²) in [6, 6.07) is 9.68. The Labute approximate surface area is 167 Å². The molecule has 2 heterocycles. The molecule has 0 atom stereocenters. The molecule has 0 aliphatic heterocycles. The van der Waals surface area contributed by atoms with E-state index in [1.54, 1.807) is 23.7 Å². The number of rotatable bonds is 6. The third-order valence-electron chi connectivity index (χ3n) is 3.87. The molecule has 2 N–H and O–H groups in total. The lowest BCUT2D eigenvalue weighted by Crippen LogP contribution is -2.23. The molecule has 2 aromatic heterocycles. The van der Waals surface area contributed by atoms with Crippen molar-refractivity contribution < 1.29 is 4.74 Å². The van der Waals surface area contributed by atoms with E-state index >= 15 is 0 Å². The maximum absolute atomic E-state index is 5.42. The second kappa shape index (κ2) is 8.79. The van der Waals surface area contributed by atoms with Crippen LogP contribution in [0.5, 0.6) is 5.75 Å². The van der Waals surface area contributed by atoms with E-state index < -0.39 is 0 Å². The molecular formula is C19H21N5OS2. The number of hydrazone groups is 1. The fourth-order valence-electron chi connectivity index (χ4n) is 2.66. The molecule has 0 aliphatic carbocycles. The molecule has 0 amide bonds. The maximum Gasteiger partial charge on any atom is 0.193 e. The highest BCUT2D eigenvalue weighted by Gasteiger charge is 2.10. The Morgan fingerprint density at radius 2 is 2.11 bits per heavy atom. The van der Waals surface area contributed by atoms with Gasteiger partial charge in [-0.25, -0.2) is 4.98 Å². The summed E-state index contributed by atoms with van der Waals surface area (Å²) in [5.74, 6) is 0.829. The van der Waals surface area contributed by atoms with Gasteiger partial charge >= 0.3 is 0 Å². The molecule has 0 bridgehead atoms. The fourth-order valence-corrected chi connectivity index (χ4v) is 3.58. The molecular weight excluding hydrogens is 378 g/mol. The largest absolute Gasteiger partial charge is 0.494 e. The summed E-state index contributed by atoms with van der Waals surface area (Å²) in [7, 11) is 0. The molecule has 0 saturated heterocycles. The molecule has 27 heavy (non-hydrogen) atoms. The summed E-state index contributed by atoms with van der Waals surface area (Å²) in [5.41, 5.74) is 6.92. The first-order valence-electron chi connectivity index (χ1n) is 8.50. The van der Waals surface area contributed by atoms with Crippen molar-refractivity contribution in [2.45, 2.75) is 20.8 Å². The summed E-state index contributed by atoms with van der Waals surface area (Å²) in [6.45, 7) is 6.70. The molecule has 1 aromatic carbocycles. The first kappa shape index (κ1) is 19.1. The molecule has 0 spiro atoms. The van der Waals surface area contributed by atoms with Gasteiger partial charge in [0.05, 0.1) is 12.8 Å². The van der Waals surface area contributed by atoms with Crippen LogP contribution in [0.4, 0.5) is 5.69 Å². The fraction of sp³-hybridized carbons (Fsp3) is 0.211. The zero-order valence-electron chi connectivity index (χ0n) is 15.4. The number of aromatic nitrogens is 2. The predicted octanol–water partition coefficient (Wildman–Crippen LogP) is 4.27. The predicted molar refractivity (Wildman–Crippen MR) is 115 cm³/mol.